The van der Waals surface area contributed by atoms with Crippen LogP contribution in [0.3, 0.4) is 0 Å². The van der Waals surface area contributed by atoms with E-state index in [0.717, 1.165) is 15.8 Å². The van der Waals surface area contributed by atoms with Gasteiger partial charge in [-0.05, 0) is 48.9 Å². The van der Waals surface area contributed by atoms with Crippen molar-refractivity contribution in [1.82, 2.24) is 4.98 Å². The Labute approximate surface area is 131 Å². The van der Waals surface area contributed by atoms with Gasteiger partial charge >= 0.3 is 10.4 Å². The van der Waals surface area contributed by atoms with Crippen LogP contribution in [0.1, 0.15) is 5.56 Å². The highest BCUT2D eigenvalue weighted by Crippen LogP contribution is 2.36. The molecule has 1 aromatic heterocycles. The average molecular weight is 336 g/mol. The first-order valence-corrected chi connectivity index (χ1v) is 8.44. The fourth-order valence-electron chi connectivity index (χ4n) is 2.06. The van der Waals surface area contributed by atoms with E-state index >= 15 is 0 Å². The third kappa shape index (κ3) is 3.03. The molecule has 3 N–H and O–H groups in total. The molecule has 3 aromatic rings. The number of anilines is 1. The number of nitrogens with two attached hydrogens (primary N) is 1. The van der Waals surface area contributed by atoms with E-state index in [1.807, 2.05) is 18.2 Å². The van der Waals surface area contributed by atoms with Crippen LogP contribution in [0, 0.1) is 6.92 Å². The molecule has 114 valence electrons. The smallest absolute Gasteiger partial charge is 0.399 e. The molecule has 0 fully saturated rings. The standard InChI is InChI=1S/C14H12N2O4S2/c1-8-6-11(20-22(17,18)19)13-12(7-8)21-14(16-13)9-2-4-10(15)5-3-9/h2-7H,15H2,1H3,(H,17,18,19). The summed E-state index contributed by atoms with van der Waals surface area (Å²) in [5.74, 6) is 0.00967. The van der Waals surface area contributed by atoms with E-state index < -0.39 is 10.4 Å². The van der Waals surface area contributed by atoms with Gasteiger partial charge in [0.25, 0.3) is 0 Å². The number of fused-ring (bicyclic) bond motifs is 1. The van der Waals surface area contributed by atoms with Crippen LogP contribution in [-0.4, -0.2) is 18.0 Å². The molecule has 1 heterocycles. The molecule has 6 nitrogen and oxygen atoms in total. The lowest BCUT2D eigenvalue weighted by atomic mass is 10.2. The molecule has 0 bridgehead atoms. The Balaban J connectivity index is 2.16. The molecule has 8 heteroatoms. The van der Waals surface area contributed by atoms with Gasteiger partial charge in [0.15, 0.2) is 5.75 Å². The van der Waals surface area contributed by atoms with E-state index in [1.165, 1.54) is 17.4 Å². The molecule has 0 aliphatic heterocycles. The summed E-state index contributed by atoms with van der Waals surface area (Å²) >= 11 is 1.40. The van der Waals surface area contributed by atoms with E-state index in [-0.39, 0.29) is 5.75 Å². The van der Waals surface area contributed by atoms with Crippen molar-refractivity contribution in [3.8, 4) is 16.3 Å². The summed E-state index contributed by atoms with van der Waals surface area (Å²) in [6.45, 7) is 1.80. The van der Waals surface area contributed by atoms with Gasteiger partial charge in [-0.25, -0.2) is 4.98 Å². The molecule has 0 aliphatic rings. The van der Waals surface area contributed by atoms with Crippen LogP contribution in [0.25, 0.3) is 20.8 Å². The Hall–Kier alpha value is -2.16. The highest BCUT2D eigenvalue weighted by molar-refractivity contribution is 7.81. The zero-order valence-electron chi connectivity index (χ0n) is 11.5. The van der Waals surface area contributed by atoms with Crippen molar-refractivity contribution in [1.29, 1.82) is 0 Å². The van der Waals surface area contributed by atoms with Gasteiger partial charge in [-0.3, -0.25) is 4.55 Å². The quantitative estimate of drug-likeness (QED) is 0.563. The Morgan fingerprint density at radius 2 is 1.91 bits per heavy atom. The lowest BCUT2D eigenvalue weighted by Crippen LogP contribution is -2.07. The molecule has 2 aromatic carbocycles. The highest BCUT2D eigenvalue weighted by atomic mass is 32.3. The summed E-state index contributed by atoms with van der Waals surface area (Å²) in [6.07, 6.45) is 0. The Morgan fingerprint density at radius 3 is 2.55 bits per heavy atom. The summed E-state index contributed by atoms with van der Waals surface area (Å²) in [7, 11) is -4.60. The lowest BCUT2D eigenvalue weighted by Gasteiger charge is -2.03. The largest absolute Gasteiger partial charge is 0.446 e. The fraction of sp³-hybridized carbons (Fsp3) is 0.0714. The van der Waals surface area contributed by atoms with Crippen molar-refractivity contribution in [2.75, 3.05) is 5.73 Å². The Bertz CT molecular complexity index is 947. The number of rotatable bonds is 3. The van der Waals surface area contributed by atoms with Gasteiger partial charge < -0.3 is 9.92 Å². The van der Waals surface area contributed by atoms with Crippen LogP contribution in [0.2, 0.25) is 0 Å². The van der Waals surface area contributed by atoms with E-state index in [9.17, 15) is 8.42 Å². The molecular weight excluding hydrogens is 324 g/mol. The minimum Gasteiger partial charge on any atom is -0.399 e. The molecule has 0 radical (unpaired) electrons. The zero-order valence-corrected chi connectivity index (χ0v) is 13.1. The van der Waals surface area contributed by atoms with E-state index in [1.54, 1.807) is 19.1 Å². The Kier molecular flexibility index (Phi) is 3.51. The van der Waals surface area contributed by atoms with Crippen LogP contribution in [-0.2, 0) is 10.4 Å². The maximum Gasteiger partial charge on any atom is 0.446 e. The molecule has 0 atom stereocenters. The number of nitrogen functional groups attached to an aromatic ring is 1. The number of nitrogens with zero attached hydrogens (tertiary/aromatic N) is 1. The molecule has 0 amide bonds. The summed E-state index contributed by atoms with van der Waals surface area (Å²) in [6, 6.07) is 10.6. The van der Waals surface area contributed by atoms with E-state index in [4.69, 9.17) is 10.3 Å². The monoisotopic (exact) mass is 336 g/mol. The first kappa shape index (κ1) is 14.8. The van der Waals surface area contributed by atoms with Crippen LogP contribution in [0.4, 0.5) is 5.69 Å². The molecule has 0 spiro atoms. The van der Waals surface area contributed by atoms with Crippen LogP contribution in [0.15, 0.2) is 36.4 Å². The van der Waals surface area contributed by atoms with Gasteiger partial charge in [0.1, 0.15) is 10.5 Å². The number of hydrogen-bond donors (Lipinski definition) is 2. The Morgan fingerprint density at radius 1 is 1.23 bits per heavy atom. The van der Waals surface area contributed by atoms with Crippen molar-refractivity contribution in [3.05, 3.63) is 42.0 Å². The van der Waals surface area contributed by atoms with Gasteiger partial charge in [0.2, 0.25) is 0 Å². The predicted molar refractivity (Wildman–Crippen MR) is 86.4 cm³/mol. The lowest BCUT2D eigenvalue weighted by molar-refractivity contribution is 0.388. The minimum absolute atomic E-state index is 0.00967. The van der Waals surface area contributed by atoms with Gasteiger partial charge in [-0.15, -0.1) is 11.3 Å². The predicted octanol–water partition coefficient (Wildman–Crippen LogP) is 3.04. The second-order valence-electron chi connectivity index (χ2n) is 4.76. The van der Waals surface area contributed by atoms with E-state index in [0.29, 0.717) is 16.2 Å². The van der Waals surface area contributed by atoms with Gasteiger partial charge in [-0.2, -0.15) is 8.42 Å². The van der Waals surface area contributed by atoms with Gasteiger partial charge in [-0.1, -0.05) is 0 Å². The van der Waals surface area contributed by atoms with E-state index in [2.05, 4.69) is 9.17 Å². The topological polar surface area (TPSA) is 103 Å². The number of thiazole rings is 1. The molecule has 0 saturated carbocycles. The van der Waals surface area contributed by atoms with Crippen LogP contribution < -0.4 is 9.92 Å². The van der Waals surface area contributed by atoms with Gasteiger partial charge in [0, 0.05) is 11.3 Å². The number of aromatic nitrogens is 1. The average Bonchev–Trinajstić information content (AvgIpc) is 2.81. The summed E-state index contributed by atoms with van der Waals surface area (Å²) in [5.41, 5.74) is 8.37. The molecule has 3 rings (SSSR count). The minimum atomic E-state index is -4.60. The maximum absolute atomic E-state index is 11.0. The third-order valence-electron chi connectivity index (χ3n) is 2.96. The van der Waals surface area contributed by atoms with Crippen molar-refractivity contribution in [3.63, 3.8) is 0 Å². The van der Waals surface area contributed by atoms with Crippen molar-refractivity contribution >= 4 is 37.6 Å². The number of aryl methyl sites for hydroxylation is 1. The SMILES string of the molecule is Cc1cc(OS(=O)(=O)O)c2nc(-c3ccc(N)cc3)sc2c1. The van der Waals surface area contributed by atoms with Crippen molar-refractivity contribution < 1.29 is 17.2 Å². The fourth-order valence-corrected chi connectivity index (χ4v) is 3.50. The normalized spacial score (nSPS) is 11.7. The zero-order chi connectivity index (χ0) is 15.9. The molecule has 0 saturated heterocycles. The molecule has 0 aliphatic carbocycles. The first-order valence-electron chi connectivity index (χ1n) is 6.26. The first-order chi connectivity index (χ1) is 10.3. The molecular formula is C14H12N2O4S2. The van der Waals surface area contributed by atoms with Crippen LogP contribution >= 0.6 is 11.3 Å². The summed E-state index contributed by atoms with van der Waals surface area (Å²) < 4.78 is 36.2. The third-order valence-corrected chi connectivity index (χ3v) is 4.40. The highest BCUT2D eigenvalue weighted by Gasteiger charge is 2.16. The van der Waals surface area contributed by atoms with Gasteiger partial charge in [0.05, 0.1) is 4.70 Å². The molecule has 0 unspecified atom stereocenters. The number of hydrogen-bond acceptors (Lipinski definition) is 6. The van der Waals surface area contributed by atoms with Crippen molar-refractivity contribution in [2.45, 2.75) is 6.92 Å². The second kappa shape index (κ2) is 5.24. The second-order valence-corrected chi connectivity index (χ2v) is 6.81. The number of benzene rings is 2. The molecule has 22 heavy (non-hydrogen) atoms. The maximum atomic E-state index is 11.0. The summed E-state index contributed by atoms with van der Waals surface area (Å²) in [5, 5.41) is 0.709. The summed E-state index contributed by atoms with van der Waals surface area (Å²) in [4.78, 5) is 4.42. The van der Waals surface area contributed by atoms with Crippen molar-refractivity contribution in [2.24, 2.45) is 0 Å². The van der Waals surface area contributed by atoms with Crippen LogP contribution in [0.5, 0.6) is 5.75 Å².